The van der Waals surface area contributed by atoms with Crippen LogP contribution in [0.5, 0.6) is 0 Å². The van der Waals surface area contributed by atoms with Crippen molar-refractivity contribution in [3.8, 4) is 0 Å². The van der Waals surface area contributed by atoms with Crippen LogP contribution in [0, 0.1) is 6.92 Å². The van der Waals surface area contributed by atoms with Crippen molar-refractivity contribution in [2.45, 2.75) is 34.2 Å². The van der Waals surface area contributed by atoms with Gasteiger partial charge in [-0.25, -0.2) is 4.79 Å². The summed E-state index contributed by atoms with van der Waals surface area (Å²) in [7, 11) is 0. The maximum absolute atomic E-state index is 11.9. The van der Waals surface area contributed by atoms with Gasteiger partial charge in [-0.3, -0.25) is 4.57 Å². The molecule has 2 aromatic heterocycles. The summed E-state index contributed by atoms with van der Waals surface area (Å²) in [5.41, 5.74) is -0.378. The number of nitrogens with zero attached hydrogens (tertiary/aromatic N) is 6. The summed E-state index contributed by atoms with van der Waals surface area (Å²) < 4.78 is 3.15. The van der Waals surface area contributed by atoms with Crippen LogP contribution in [0.4, 0.5) is 5.95 Å². The van der Waals surface area contributed by atoms with Crippen LogP contribution in [0.15, 0.2) is 4.79 Å². The topological polar surface area (TPSA) is 68.3 Å². The normalized spacial score (nSPS) is 11.1. The Morgan fingerprint density at radius 2 is 1.83 bits per heavy atom. The van der Waals surface area contributed by atoms with E-state index in [2.05, 4.69) is 15.1 Å². The Morgan fingerprint density at radius 3 is 2.39 bits per heavy atom. The summed E-state index contributed by atoms with van der Waals surface area (Å²) in [5, 5.41) is 4.16. The lowest BCUT2D eigenvalue weighted by Gasteiger charge is -2.17. The van der Waals surface area contributed by atoms with E-state index in [-0.39, 0.29) is 5.69 Å². The van der Waals surface area contributed by atoms with E-state index in [1.54, 1.807) is 0 Å². The zero-order valence-corrected chi connectivity index (χ0v) is 11.2. The van der Waals surface area contributed by atoms with Crippen LogP contribution in [-0.2, 0) is 6.54 Å². The molecule has 0 saturated carbocycles. The van der Waals surface area contributed by atoms with Crippen molar-refractivity contribution >= 4 is 11.7 Å². The highest BCUT2D eigenvalue weighted by molar-refractivity contribution is 5.38. The molecule has 98 valence electrons. The summed E-state index contributed by atoms with van der Waals surface area (Å²) in [5.74, 6) is 1.79. The Hall–Kier alpha value is -1.92. The van der Waals surface area contributed by atoms with E-state index < -0.39 is 0 Å². The van der Waals surface area contributed by atoms with Crippen LogP contribution >= 0.6 is 0 Å². The summed E-state index contributed by atoms with van der Waals surface area (Å²) >= 11 is 0. The molecule has 0 saturated heterocycles. The number of aryl methyl sites for hydroxylation is 2. The molecule has 7 nitrogen and oxygen atoms in total. The molecule has 0 atom stereocenters. The fraction of sp³-hybridized carbons (Fsp3) is 0.636. The van der Waals surface area contributed by atoms with Crippen molar-refractivity contribution in [1.29, 1.82) is 0 Å². The highest BCUT2D eigenvalue weighted by atomic mass is 16.1. The van der Waals surface area contributed by atoms with Gasteiger partial charge in [0.2, 0.25) is 11.7 Å². The van der Waals surface area contributed by atoms with Crippen molar-refractivity contribution < 1.29 is 0 Å². The molecule has 0 radical (unpaired) electrons. The predicted molar refractivity (Wildman–Crippen MR) is 69.0 cm³/mol. The van der Waals surface area contributed by atoms with Crippen molar-refractivity contribution in [1.82, 2.24) is 24.1 Å². The molecule has 2 heterocycles. The van der Waals surface area contributed by atoms with Gasteiger partial charge in [0.15, 0.2) is 0 Å². The van der Waals surface area contributed by atoms with Gasteiger partial charge in [0.25, 0.3) is 0 Å². The third-order valence-corrected chi connectivity index (χ3v) is 3.01. The number of anilines is 1. The Kier molecular flexibility index (Phi) is 3.31. The average molecular weight is 250 g/mol. The minimum absolute atomic E-state index is 0.378. The van der Waals surface area contributed by atoms with Crippen molar-refractivity contribution in [3.63, 3.8) is 0 Å². The van der Waals surface area contributed by atoms with Crippen LogP contribution < -0.4 is 10.6 Å². The van der Waals surface area contributed by atoms with Crippen LogP contribution in [0.25, 0.3) is 5.78 Å². The second kappa shape index (κ2) is 4.75. The molecule has 18 heavy (non-hydrogen) atoms. The Balaban J connectivity index is 2.70. The second-order valence-corrected chi connectivity index (χ2v) is 3.98. The zero-order chi connectivity index (χ0) is 13.3. The van der Waals surface area contributed by atoms with Gasteiger partial charge in [0, 0.05) is 19.6 Å². The number of hydrogen-bond acceptors (Lipinski definition) is 5. The lowest BCUT2D eigenvalue weighted by atomic mass is 10.5. The number of aromatic nitrogens is 5. The van der Waals surface area contributed by atoms with Gasteiger partial charge in [-0.05, 0) is 27.7 Å². The van der Waals surface area contributed by atoms with Gasteiger partial charge in [-0.2, -0.15) is 9.97 Å². The molecule has 0 aliphatic carbocycles. The third kappa shape index (κ3) is 1.85. The lowest BCUT2D eigenvalue weighted by Crippen LogP contribution is -2.29. The van der Waals surface area contributed by atoms with E-state index >= 15 is 0 Å². The van der Waals surface area contributed by atoms with Gasteiger partial charge >= 0.3 is 5.69 Å². The molecule has 0 spiro atoms. The fourth-order valence-corrected chi connectivity index (χ4v) is 2.00. The quantitative estimate of drug-likeness (QED) is 0.788. The largest absolute Gasteiger partial charge is 0.374 e. The van der Waals surface area contributed by atoms with Gasteiger partial charge in [0.05, 0.1) is 0 Å². The summed E-state index contributed by atoms with van der Waals surface area (Å²) in [6.45, 7) is 10.1. The van der Waals surface area contributed by atoms with Gasteiger partial charge in [0.1, 0.15) is 5.82 Å². The molecule has 2 aromatic rings. The monoisotopic (exact) mass is 250 g/mol. The number of fused-ring (bicyclic) bond motifs is 1. The first-order chi connectivity index (χ1) is 8.62. The first kappa shape index (κ1) is 12.5. The molecule has 0 aliphatic rings. The van der Waals surface area contributed by atoms with Crippen LogP contribution in [0.1, 0.15) is 26.6 Å². The standard InChI is InChI=1S/C11H18N6O/c1-5-15(6-2)9-12-10-16(7-3)8(4)14-17(10)11(18)13-9/h5-7H2,1-4H3. The maximum Gasteiger partial charge on any atom is 0.374 e. The van der Waals surface area contributed by atoms with Crippen molar-refractivity contribution in [2.24, 2.45) is 0 Å². The van der Waals surface area contributed by atoms with Gasteiger partial charge < -0.3 is 4.90 Å². The highest BCUT2D eigenvalue weighted by Gasteiger charge is 2.14. The Labute approximate surface area is 105 Å². The van der Waals surface area contributed by atoms with Gasteiger partial charge in [-0.15, -0.1) is 9.61 Å². The van der Waals surface area contributed by atoms with E-state index in [9.17, 15) is 4.79 Å². The first-order valence-corrected chi connectivity index (χ1v) is 6.21. The third-order valence-electron chi connectivity index (χ3n) is 3.01. The number of hydrogen-bond donors (Lipinski definition) is 0. The minimum Gasteiger partial charge on any atom is -0.341 e. The molecular weight excluding hydrogens is 232 g/mol. The summed E-state index contributed by atoms with van der Waals surface area (Å²) in [6.07, 6.45) is 0. The van der Waals surface area contributed by atoms with E-state index in [0.717, 1.165) is 25.5 Å². The second-order valence-electron chi connectivity index (χ2n) is 3.98. The molecule has 0 amide bonds. The maximum atomic E-state index is 11.9. The molecular formula is C11H18N6O. The number of rotatable bonds is 4. The van der Waals surface area contributed by atoms with E-state index in [1.807, 2.05) is 37.2 Å². The first-order valence-electron chi connectivity index (χ1n) is 6.21. The van der Waals surface area contributed by atoms with E-state index in [0.29, 0.717) is 11.7 Å². The van der Waals surface area contributed by atoms with E-state index in [1.165, 1.54) is 4.52 Å². The van der Waals surface area contributed by atoms with Crippen LogP contribution in [-0.4, -0.2) is 37.2 Å². The molecule has 0 fully saturated rings. The molecule has 0 bridgehead atoms. The molecule has 0 unspecified atom stereocenters. The van der Waals surface area contributed by atoms with E-state index in [4.69, 9.17) is 0 Å². The predicted octanol–water partition coefficient (Wildman–Crippen LogP) is 0.461. The smallest absolute Gasteiger partial charge is 0.341 e. The molecule has 2 rings (SSSR count). The Morgan fingerprint density at radius 1 is 1.17 bits per heavy atom. The zero-order valence-electron chi connectivity index (χ0n) is 11.2. The minimum atomic E-state index is -0.378. The molecule has 0 N–H and O–H groups in total. The highest BCUT2D eigenvalue weighted by Crippen LogP contribution is 2.08. The average Bonchev–Trinajstić information content (AvgIpc) is 2.67. The van der Waals surface area contributed by atoms with Crippen LogP contribution in [0.3, 0.4) is 0 Å². The van der Waals surface area contributed by atoms with Crippen LogP contribution in [0.2, 0.25) is 0 Å². The summed E-state index contributed by atoms with van der Waals surface area (Å²) in [6, 6.07) is 0. The van der Waals surface area contributed by atoms with Gasteiger partial charge in [-0.1, -0.05) is 0 Å². The van der Waals surface area contributed by atoms with Crippen molar-refractivity contribution in [2.75, 3.05) is 18.0 Å². The molecule has 0 aromatic carbocycles. The summed E-state index contributed by atoms with van der Waals surface area (Å²) in [4.78, 5) is 22.3. The van der Waals surface area contributed by atoms with Crippen molar-refractivity contribution in [3.05, 3.63) is 16.3 Å². The SMILES string of the molecule is CCN(CC)c1nc(=O)n2nc(C)n(CC)c2n1. The molecule has 0 aliphatic heterocycles. The fourth-order valence-electron chi connectivity index (χ4n) is 2.00. The molecule has 7 heteroatoms. The Bertz CT molecular complexity index is 610. The lowest BCUT2D eigenvalue weighted by molar-refractivity contribution is 0.737.